The number of rotatable bonds is 6. The van der Waals surface area contributed by atoms with Crippen molar-refractivity contribution in [3.05, 3.63) is 12.2 Å². The molecule has 0 radical (unpaired) electrons. The van der Waals surface area contributed by atoms with Crippen molar-refractivity contribution in [2.45, 2.75) is 25.9 Å². The Kier molecular flexibility index (Phi) is 7.22. The summed E-state index contributed by atoms with van der Waals surface area (Å²) in [4.78, 5) is 19.6. The van der Waals surface area contributed by atoms with E-state index in [1.807, 2.05) is 18.9 Å². The zero-order valence-corrected chi connectivity index (χ0v) is 13.7. The third-order valence-corrected chi connectivity index (χ3v) is 3.24. The van der Waals surface area contributed by atoms with Gasteiger partial charge in [-0.1, -0.05) is 12.2 Å². The third kappa shape index (κ3) is 6.62. The molecule has 1 N–H and O–H groups in total. The van der Waals surface area contributed by atoms with Gasteiger partial charge in [0, 0.05) is 40.8 Å². The third-order valence-electron chi connectivity index (χ3n) is 3.24. The van der Waals surface area contributed by atoms with E-state index in [9.17, 15) is 4.79 Å². The van der Waals surface area contributed by atoms with Crippen LogP contribution < -0.4 is 5.32 Å². The Morgan fingerprint density at radius 1 is 1.43 bits per heavy atom. The van der Waals surface area contributed by atoms with Crippen LogP contribution in [0.15, 0.2) is 17.1 Å². The highest BCUT2D eigenvalue weighted by atomic mass is 16.5. The fourth-order valence-electron chi connectivity index (χ4n) is 2.09. The number of carbonyl (C=O) groups excluding carboxylic acids is 1. The number of carbonyl (C=O) groups is 1. The lowest BCUT2D eigenvalue weighted by Gasteiger charge is -2.24. The molecule has 1 saturated heterocycles. The maximum atomic E-state index is 11.7. The van der Waals surface area contributed by atoms with E-state index in [0.717, 1.165) is 31.6 Å². The lowest BCUT2D eigenvalue weighted by Crippen LogP contribution is -2.43. The van der Waals surface area contributed by atoms with Gasteiger partial charge in [0.1, 0.15) is 6.54 Å². The molecule has 1 amide bonds. The normalized spacial score (nSPS) is 18.5. The Hall–Kier alpha value is -1.56. The van der Waals surface area contributed by atoms with Gasteiger partial charge in [-0.05, 0) is 19.8 Å². The Labute approximate surface area is 127 Å². The summed E-state index contributed by atoms with van der Waals surface area (Å²) in [6, 6.07) is 0. The Bertz CT molecular complexity index is 387. The first-order valence-electron chi connectivity index (χ1n) is 7.35. The van der Waals surface area contributed by atoms with Crippen LogP contribution in [0.4, 0.5) is 0 Å². The van der Waals surface area contributed by atoms with Gasteiger partial charge < -0.3 is 19.9 Å². The van der Waals surface area contributed by atoms with Crippen molar-refractivity contribution in [1.29, 1.82) is 0 Å². The Morgan fingerprint density at radius 2 is 2.14 bits per heavy atom. The molecule has 1 aliphatic heterocycles. The molecule has 0 aliphatic carbocycles. The van der Waals surface area contributed by atoms with Gasteiger partial charge >= 0.3 is 0 Å². The van der Waals surface area contributed by atoms with Gasteiger partial charge in [-0.25, -0.2) is 4.99 Å². The molecule has 6 nitrogen and oxygen atoms in total. The smallest absolute Gasteiger partial charge is 0.243 e. The highest BCUT2D eigenvalue weighted by Crippen LogP contribution is 2.10. The molecule has 0 aromatic carbocycles. The van der Waals surface area contributed by atoms with E-state index >= 15 is 0 Å². The zero-order valence-electron chi connectivity index (χ0n) is 13.7. The predicted molar refractivity (Wildman–Crippen MR) is 85.4 cm³/mol. The van der Waals surface area contributed by atoms with E-state index in [0.29, 0.717) is 12.5 Å². The van der Waals surface area contributed by atoms with Gasteiger partial charge in [-0.15, -0.1) is 0 Å². The van der Waals surface area contributed by atoms with Crippen LogP contribution in [-0.4, -0.2) is 75.2 Å². The fraction of sp³-hybridized carbons (Fsp3) is 0.733. The van der Waals surface area contributed by atoms with E-state index in [4.69, 9.17) is 4.74 Å². The van der Waals surface area contributed by atoms with Crippen LogP contribution >= 0.6 is 0 Å². The second-order valence-electron chi connectivity index (χ2n) is 5.76. The molecule has 1 unspecified atom stereocenters. The summed E-state index contributed by atoms with van der Waals surface area (Å²) in [6.45, 7) is 8.28. The molecule has 0 spiro atoms. The quantitative estimate of drug-likeness (QED) is 0.445. The van der Waals surface area contributed by atoms with Gasteiger partial charge in [0.2, 0.25) is 5.91 Å². The first kappa shape index (κ1) is 17.5. The summed E-state index contributed by atoms with van der Waals surface area (Å²) >= 11 is 0. The molecule has 1 aliphatic rings. The summed E-state index contributed by atoms with van der Waals surface area (Å²) < 4.78 is 5.60. The summed E-state index contributed by atoms with van der Waals surface area (Å²) in [5.74, 6) is 0.693. The number of aliphatic imine (C=N–C) groups is 1. The van der Waals surface area contributed by atoms with Gasteiger partial charge in [0.15, 0.2) is 5.96 Å². The number of guanidine groups is 1. The number of hydrogen-bond donors (Lipinski definition) is 1. The fourth-order valence-corrected chi connectivity index (χ4v) is 2.09. The van der Waals surface area contributed by atoms with Crippen molar-refractivity contribution < 1.29 is 9.53 Å². The van der Waals surface area contributed by atoms with E-state index in [-0.39, 0.29) is 18.6 Å². The first-order valence-corrected chi connectivity index (χ1v) is 7.35. The number of ether oxygens (including phenoxy) is 1. The number of hydrogen-bond acceptors (Lipinski definition) is 3. The van der Waals surface area contributed by atoms with Gasteiger partial charge in [-0.2, -0.15) is 0 Å². The van der Waals surface area contributed by atoms with Crippen molar-refractivity contribution >= 4 is 11.9 Å². The molecule has 1 heterocycles. The zero-order chi connectivity index (χ0) is 15.8. The van der Waals surface area contributed by atoms with Crippen LogP contribution in [0, 0.1) is 0 Å². The van der Waals surface area contributed by atoms with Crippen LogP contribution in [0.2, 0.25) is 0 Å². The van der Waals surface area contributed by atoms with Crippen molar-refractivity contribution in [3.63, 3.8) is 0 Å². The summed E-state index contributed by atoms with van der Waals surface area (Å²) in [7, 11) is 5.40. The maximum Gasteiger partial charge on any atom is 0.243 e. The Balaban J connectivity index is 2.61. The van der Waals surface area contributed by atoms with E-state index in [1.54, 1.807) is 19.0 Å². The largest absolute Gasteiger partial charge is 0.376 e. The molecular formula is C15H28N4O2. The van der Waals surface area contributed by atoms with Gasteiger partial charge in [-0.3, -0.25) is 4.79 Å². The number of nitrogens with one attached hydrogen (secondary N) is 1. The average Bonchev–Trinajstić information content (AvgIpc) is 2.90. The van der Waals surface area contributed by atoms with Crippen LogP contribution in [0.3, 0.4) is 0 Å². The second kappa shape index (κ2) is 8.67. The molecule has 1 atom stereocenters. The van der Waals surface area contributed by atoms with Crippen molar-refractivity contribution in [1.82, 2.24) is 15.1 Å². The van der Waals surface area contributed by atoms with E-state index in [1.165, 1.54) is 0 Å². The van der Waals surface area contributed by atoms with Crippen molar-refractivity contribution in [3.8, 4) is 0 Å². The van der Waals surface area contributed by atoms with Crippen LogP contribution in [0.1, 0.15) is 19.8 Å². The molecule has 0 aromatic heterocycles. The summed E-state index contributed by atoms with van der Waals surface area (Å²) in [5, 5.41) is 3.30. The van der Waals surface area contributed by atoms with Gasteiger partial charge in [0.25, 0.3) is 0 Å². The summed E-state index contributed by atoms with van der Waals surface area (Å²) in [6.07, 6.45) is 2.42. The Morgan fingerprint density at radius 3 is 2.67 bits per heavy atom. The first-order chi connectivity index (χ1) is 9.90. The topological polar surface area (TPSA) is 57.2 Å². The standard InChI is InChI=1S/C15H28N4O2/c1-12(2)11-19(5)15(17-10-14(20)18(3)4)16-9-13-7-6-8-21-13/h13H,1,6-11H2,2-5H3,(H,16,17). The molecule has 0 aromatic rings. The average molecular weight is 296 g/mol. The van der Waals surface area contributed by atoms with E-state index < -0.39 is 0 Å². The lowest BCUT2D eigenvalue weighted by atomic mass is 10.2. The lowest BCUT2D eigenvalue weighted by molar-refractivity contribution is -0.127. The monoisotopic (exact) mass is 296 g/mol. The molecule has 120 valence electrons. The molecule has 1 fully saturated rings. The second-order valence-corrected chi connectivity index (χ2v) is 5.76. The highest BCUT2D eigenvalue weighted by Gasteiger charge is 2.17. The molecular weight excluding hydrogens is 268 g/mol. The minimum absolute atomic E-state index is 0.0184. The molecule has 6 heteroatoms. The number of nitrogens with zero attached hydrogens (tertiary/aromatic N) is 3. The van der Waals surface area contributed by atoms with E-state index in [2.05, 4.69) is 16.9 Å². The maximum absolute atomic E-state index is 11.7. The van der Waals surface area contributed by atoms with Gasteiger partial charge in [0.05, 0.1) is 6.10 Å². The SMILES string of the molecule is C=C(C)CN(C)C(=NCC(=O)N(C)C)NCC1CCCO1. The van der Waals surface area contributed by atoms with Crippen LogP contribution in [-0.2, 0) is 9.53 Å². The minimum Gasteiger partial charge on any atom is -0.376 e. The van der Waals surface area contributed by atoms with Crippen LogP contribution in [0.5, 0.6) is 0 Å². The molecule has 21 heavy (non-hydrogen) atoms. The molecule has 1 rings (SSSR count). The molecule has 0 saturated carbocycles. The van der Waals surface area contributed by atoms with Crippen molar-refractivity contribution in [2.75, 3.05) is 47.4 Å². The number of likely N-dealkylation sites (N-methyl/N-ethyl adjacent to an activating group) is 2. The summed E-state index contributed by atoms with van der Waals surface area (Å²) in [5.41, 5.74) is 1.04. The minimum atomic E-state index is -0.0184. The van der Waals surface area contributed by atoms with Crippen molar-refractivity contribution in [2.24, 2.45) is 4.99 Å². The highest BCUT2D eigenvalue weighted by molar-refractivity contribution is 5.84. The van der Waals surface area contributed by atoms with Crippen LogP contribution in [0.25, 0.3) is 0 Å². The molecule has 0 bridgehead atoms. The predicted octanol–water partition coefficient (Wildman–Crippen LogP) is 0.707. The number of amides is 1.